The minimum absolute atomic E-state index is 0.0657. The normalized spacial score (nSPS) is 9.88. The van der Waals surface area contributed by atoms with Crippen LogP contribution in [-0.4, -0.2) is 21.7 Å². The number of nitrogens with one attached hydrogen (secondary N) is 2. The van der Waals surface area contributed by atoms with Gasteiger partial charge in [0.1, 0.15) is 18.2 Å². The first-order valence-electron chi connectivity index (χ1n) is 7.06. The van der Waals surface area contributed by atoms with Gasteiger partial charge in [0, 0.05) is 5.69 Å². The summed E-state index contributed by atoms with van der Waals surface area (Å²) >= 11 is 0. The van der Waals surface area contributed by atoms with Crippen LogP contribution in [0.1, 0.15) is 16.8 Å². The number of imide groups is 1. The van der Waals surface area contributed by atoms with Gasteiger partial charge in [-0.15, -0.1) is 0 Å². The molecule has 122 valence electrons. The second-order valence-corrected chi connectivity index (χ2v) is 5.03. The molecule has 0 radical (unpaired) electrons. The van der Waals surface area contributed by atoms with Gasteiger partial charge in [-0.3, -0.25) is 14.9 Å². The molecular formula is C16H15N5O3. The van der Waals surface area contributed by atoms with Crippen molar-refractivity contribution in [3.63, 3.8) is 0 Å². The van der Waals surface area contributed by atoms with Gasteiger partial charge in [-0.1, -0.05) is 18.2 Å². The number of urea groups is 1. The van der Waals surface area contributed by atoms with Crippen LogP contribution in [0.5, 0.6) is 0 Å². The molecule has 0 aliphatic heterocycles. The quantitative estimate of drug-likeness (QED) is 0.875. The standard InChI is InChI=1S/C16H15N5O3/c1-10-11(2)20-21(15(23)13(10)8-17)9-14(22)19-16(24)18-12-6-4-3-5-7-12/h3-7H,9H2,1-2H3,(H2,18,19,22,24). The molecule has 0 aliphatic rings. The summed E-state index contributed by atoms with van der Waals surface area (Å²) in [5.74, 6) is -0.717. The van der Waals surface area contributed by atoms with Gasteiger partial charge in [0.25, 0.3) is 5.56 Å². The zero-order valence-corrected chi connectivity index (χ0v) is 13.2. The molecule has 0 spiro atoms. The molecular weight excluding hydrogens is 310 g/mol. The Labute approximate surface area is 137 Å². The predicted molar refractivity (Wildman–Crippen MR) is 86.3 cm³/mol. The Morgan fingerprint density at radius 2 is 1.92 bits per heavy atom. The highest BCUT2D eigenvalue weighted by atomic mass is 16.2. The fourth-order valence-electron chi connectivity index (χ4n) is 2.00. The molecule has 3 amide bonds. The van der Waals surface area contributed by atoms with Crippen LogP contribution in [0, 0.1) is 25.2 Å². The summed E-state index contributed by atoms with van der Waals surface area (Å²) in [6, 6.07) is 9.68. The van der Waals surface area contributed by atoms with Crippen molar-refractivity contribution in [2.45, 2.75) is 20.4 Å². The van der Waals surface area contributed by atoms with Crippen LogP contribution in [0.4, 0.5) is 10.5 Å². The molecule has 8 nitrogen and oxygen atoms in total. The molecule has 0 fully saturated rings. The molecule has 0 unspecified atom stereocenters. The number of aryl methyl sites for hydroxylation is 1. The average Bonchev–Trinajstić information content (AvgIpc) is 2.54. The van der Waals surface area contributed by atoms with Crippen LogP contribution in [-0.2, 0) is 11.3 Å². The molecule has 0 saturated carbocycles. The highest BCUT2D eigenvalue weighted by molar-refractivity contribution is 6.01. The van der Waals surface area contributed by atoms with Crippen molar-refractivity contribution in [2.24, 2.45) is 0 Å². The van der Waals surface area contributed by atoms with Gasteiger partial charge in [0.05, 0.1) is 5.69 Å². The summed E-state index contributed by atoms with van der Waals surface area (Å²) < 4.78 is 0.867. The highest BCUT2D eigenvalue weighted by Gasteiger charge is 2.15. The fourth-order valence-corrected chi connectivity index (χ4v) is 2.00. The highest BCUT2D eigenvalue weighted by Crippen LogP contribution is 2.05. The van der Waals surface area contributed by atoms with Gasteiger partial charge in [0.15, 0.2) is 0 Å². The fraction of sp³-hybridized carbons (Fsp3) is 0.188. The Bertz CT molecular complexity index is 881. The third-order valence-corrected chi connectivity index (χ3v) is 3.33. The second-order valence-electron chi connectivity index (χ2n) is 5.03. The van der Waals surface area contributed by atoms with Crippen LogP contribution < -0.4 is 16.2 Å². The first-order chi connectivity index (χ1) is 11.4. The number of hydrogen-bond donors (Lipinski definition) is 2. The first-order valence-corrected chi connectivity index (χ1v) is 7.06. The van der Waals surface area contributed by atoms with E-state index in [1.54, 1.807) is 44.2 Å². The molecule has 2 N–H and O–H groups in total. The lowest BCUT2D eigenvalue weighted by Crippen LogP contribution is -2.40. The van der Waals surface area contributed by atoms with E-state index in [9.17, 15) is 14.4 Å². The summed E-state index contributed by atoms with van der Waals surface area (Å²) in [4.78, 5) is 35.7. The number of hydrogen-bond acceptors (Lipinski definition) is 5. The lowest BCUT2D eigenvalue weighted by atomic mass is 10.1. The summed E-state index contributed by atoms with van der Waals surface area (Å²) in [6.07, 6.45) is 0. The van der Waals surface area contributed by atoms with E-state index in [0.717, 1.165) is 4.68 Å². The first kappa shape index (κ1) is 16.9. The maximum atomic E-state index is 12.1. The number of nitriles is 1. The van der Waals surface area contributed by atoms with Gasteiger partial charge in [0.2, 0.25) is 5.91 Å². The maximum Gasteiger partial charge on any atom is 0.325 e. The number of anilines is 1. The summed E-state index contributed by atoms with van der Waals surface area (Å²) in [6.45, 7) is 2.78. The Morgan fingerprint density at radius 1 is 1.25 bits per heavy atom. The Kier molecular flexibility index (Phi) is 5.06. The average molecular weight is 325 g/mol. The summed E-state index contributed by atoms with van der Waals surface area (Å²) in [7, 11) is 0. The van der Waals surface area contributed by atoms with E-state index in [2.05, 4.69) is 15.7 Å². The molecule has 1 aromatic heterocycles. The van der Waals surface area contributed by atoms with Crippen molar-refractivity contribution < 1.29 is 9.59 Å². The van der Waals surface area contributed by atoms with Crippen LogP contribution in [0.25, 0.3) is 0 Å². The van der Waals surface area contributed by atoms with Crippen LogP contribution in [0.3, 0.4) is 0 Å². The third kappa shape index (κ3) is 3.84. The van der Waals surface area contributed by atoms with Gasteiger partial charge >= 0.3 is 6.03 Å². The number of carbonyl (C=O) groups is 2. The van der Waals surface area contributed by atoms with E-state index in [4.69, 9.17) is 5.26 Å². The topological polar surface area (TPSA) is 117 Å². The Balaban J connectivity index is 2.08. The van der Waals surface area contributed by atoms with Crippen molar-refractivity contribution in [1.82, 2.24) is 15.1 Å². The molecule has 2 aromatic rings. The lowest BCUT2D eigenvalue weighted by molar-refractivity contribution is -0.120. The van der Waals surface area contributed by atoms with Crippen LogP contribution in [0.2, 0.25) is 0 Å². The van der Waals surface area contributed by atoms with Crippen LogP contribution >= 0.6 is 0 Å². The molecule has 8 heteroatoms. The van der Waals surface area contributed by atoms with Crippen molar-refractivity contribution >= 4 is 17.6 Å². The van der Waals surface area contributed by atoms with E-state index in [-0.39, 0.29) is 5.56 Å². The number of carbonyl (C=O) groups excluding carboxylic acids is 2. The summed E-state index contributed by atoms with van der Waals surface area (Å²) in [5, 5.41) is 17.6. The number of aromatic nitrogens is 2. The smallest absolute Gasteiger partial charge is 0.308 e. The predicted octanol–water partition coefficient (Wildman–Crippen LogP) is 1.08. The zero-order chi connectivity index (χ0) is 17.7. The molecule has 2 rings (SSSR count). The second kappa shape index (κ2) is 7.19. The molecule has 1 heterocycles. The van der Waals surface area contributed by atoms with Gasteiger partial charge in [-0.2, -0.15) is 10.4 Å². The zero-order valence-electron chi connectivity index (χ0n) is 13.2. The van der Waals surface area contributed by atoms with E-state index in [0.29, 0.717) is 16.9 Å². The molecule has 24 heavy (non-hydrogen) atoms. The van der Waals surface area contributed by atoms with E-state index < -0.39 is 24.0 Å². The van der Waals surface area contributed by atoms with Gasteiger partial charge < -0.3 is 5.32 Å². The number of nitrogens with zero attached hydrogens (tertiary/aromatic N) is 3. The molecule has 0 bridgehead atoms. The lowest BCUT2D eigenvalue weighted by Gasteiger charge is -2.09. The van der Waals surface area contributed by atoms with E-state index in [1.807, 2.05) is 6.07 Å². The number of para-hydroxylation sites is 1. The van der Waals surface area contributed by atoms with E-state index >= 15 is 0 Å². The number of benzene rings is 1. The Hall–Kier alpha value is -3.47. The van der Waals surface area contributed by atoms with Gasteiger partial charge in [-0.25, -0.2) is 9.48 Å². The SMILES string of the molecule is Cc1nn(CC(=O)NC(=O)Nc2ccccc2)c(=O)c(C#N)c1C. The molecule has 1 aromatic carbocycles. The van der Waals surface area contributed by atoms with Crippen molar-refractivity contribution in [2.75, 3.05) is 5.32 Å². The largest absolute Gasteiger partial charge is 0.325 e. The number of amides is 3. The number of rotatable bonds is 3. The van der Waals surface area contributed by atoms with Crippen molar-refractivity contribution in [1.29, 1.82) is 5.26 Å². The minimum Gasteiger partial charge on any atom is -0.308 e. The summed E-state index contributed by atoms with van der Waals surface area (Å²) in [5.41, 5.74) is 0.730. The maximum absolute atomic E-state index is 12.1. The Morgan fingerprint density at radius 3 is 2.54 bits per heavy atom. The van der Waals surface area contributed by atoms with Crippen molar-refractivity contribution in [3.05, 3.63) is 57.5 Å². The molecule has 0 aliphatic carbocycles. The monoisotopic (exact) mass is 325 g/mol. The van der Waals surface area contributed by atoms with Crippen LogP contribution in [0.15, 0.2) is 35.1 Å². The molecule has 0 saturated heterocycles. The third-order valence-electron chi connectivity index (χ3n) is 3.33. The van der Waals surface area contributed by atoms with Crippen molar-refractivity contribution in [3.8, 4) is 6.07 Å². The van der Waals surface area contributed by atoms with Gasteiger partial charge in [-0.05, 0) is 31.5 Å². The minimum atomic E-state index is -0.719. The van der Waals surface area contributed by atoms with E-state index in [1.165, 1.54) is 0 Å². The molecule has 0 atom stereocenters.